The number of ether oxygens (including phenoxy) is 1. The molecule has 7 heteroatoms. The van der Waals surface area contributed by atoms with Gasteiger partial charge in [0.05, 0.1) is 7.11 Å². The number of hydrogen-bond acceptors (Lipinski definition) is 7. The molecule has 2 rings (SSSR count). The number of hydrogen-bond donors (Lipinski definition) is 2. The maximum Gasteiger partial charge on any atom is 0.250 e. The number of nitroso groups, excluding NO2 is 1. The predicted octanol–water partition coefficient (Wildman–Crippen LogP) is 2.52. The molecule has 0 spiro atoms. The molecule has 0 bridgehead atoms. The Morgan fingerprint density at radius 3 is 2.53 bits per heavy atom. The van der Waals surface area contributed by atoms with E-state index in [-0.39, 0.29) is 23.3 Å². The van der Waals surface area contributed by atoms with E-state index in [4.69, 9.17) is 10.5 Å². The Hall–Kier alpha value is -2.70. The van der Waals surface area contributed by atoms with Gasteiger partial charge in [0.2, 0.25) is 11.6 Å². The fraction of sp³-hybridized carbons (Fsp3) is 0.167. The summed E-state index contributed by atoms with van der Waals surface area (Å²) in [6.45, 7) is 1.98. The van der Waals surface area contributed by atoms with E-state index in [0.29, 0.717) is 0 Å². The van der Waals surface area contributed by atoms with Crippen LogP contribution in [0.4, 0.5) is 23.1 Å². The lowest BCUT2D eigenvalue weighted by Crippen LogP contribution is -2.02. The normalized spacial score (nSPS) is 10.0. The Morgan fingerprint density at radius 1 is 1.26 bits per heavy atom. The molecule has 0 saturated heterocycles. The fourth-order valence-corrected chi connectivity index (χ4v) is 1.54. The molecule has 0 atom stereocenters. The van der Waals surface area contributed by atoms with Crippen LogP contribution in [0.3, 0.4) is 0 Å². The molecule has 0 aliphatic rings. The van der Waals surface area contributed by atoms with Gasteiger partial charge >= 0.3 is 0 Å². The second-order valence-corrected chi connectivity index (χ2v) is 3.87. The molecule has 0 aliphatic carbocycles. The van der Waals surface area contributed by atoms with E-state index in [1.807, 2.05) is 31.2 Å². The van der Waals surface area contributed by atoms with Gasteiger partial charge in [0.25, 0.3) is 5.88 Å². The van der Waals surface area contributed by atoms with Crippen LogP contribution in [0.15, 0.2) is 29.4 Å². The molecule has 1 aromatic heterocycles. The molecule has 1 heterocycles. The largest absolute Gasteiger partial charge is 0.479 e. The van der Waals surface area contributed by atoms with Crippen LogP contribution in [-0.2, 0) is 0 Å². The minimum Gasteiger partial charge on any atom is -0.479 e. The van der Waals surface area contributed by atoms with Gasteiger partial charge in [-0.15, -0.1) is 4.91 Å². The van der Waals surface area contributed by atoms with Crippen molar-refractivity contribution in [3.63, 3.8) is 0 Å². The first-order chi connectivity index (χ1) is 9.13. The summed E-state index contributed by atoms with van der Waals surface area (Å²) >= 11 is 0. The van der Waals surface area contributed by atoms with Crippen molar-refractivity contribution >= 4 is 23.1 Å². The third kappa shape index (κ3) is 2.76. The number of anilines is 3. The van der Waals surface area contributed by atoms with Gasteiger partial charge in [-0.3, -0.25) is 0 Å². The average molecular weight is 259 g/mol. The van der Waals surface area contributed by atoms with E-state index >= 15 is 0 Å². The molecule has 2 aromatic rings. The summed E-state index contributed by atoms with van der Waals surface area (Å²) in [6, 6.07) is 7.57. The molecule has 0 saturated carbocycles. The van der Waals surface area contributed by atoms with Crippen LogP contribution in [-0.4, -0.2) is 17.1 Å². The third-order valence-electron chi connectivity index (χ3n) is 2.47. The monoisotopic (exact) mass is 259 g/mol. The zero-order valence-corrected chi connectivity index (χ0v) is 10.5. The highest BCUT2D eigenvalue weighted by atomic mass is 16.5. The molecular weight excluding hydrogens is 246 g/mol. The van der Waals surface area contributed by atoms with Crippen LogP contribution in [0, 0.1) is 11.8 Å². The van der Waals surface area contributed by atoms with Crippen LogP contribution in [0.5, 0.6) is 5.88 Å². The van der Waals surface area contributed by atoms with Crippen molar-refractivity contribution in [1.82, 2.24) is 9.97 Å². The maximum atomic E-state index is 10.9. The number of aromatic nitrogens is 2. The smallest absolute Gasteiger partial charge is 0.250 e. The van der Waals surface area contributed by atoms with Gasteiger partial charge in [-0.25, -0.2) is 0 Å². The summed E-state index contributed by atoms with van der Waals surface area (Å²) in [5, 5.41) is 5.84. The molecule has 3 N–H and O–H groups in total. The van der Waals surface area contributed by atoms with E-state index in [1.54, 1.807) is 0 Å². The van der Waals surface area contributed by atoms with E-state index in [1.165, 1.54) is 7.11 Å². The van der Waals surface area contributed by atoms with E-state index in [2.05, 4.69) is 20.5 Å². The summed E-state index contributed by atoms with van der Waals surface area (Å²) < 4.78 is 4.95. The quantitative estimate of drug-likeness (QED) is 0.818. The Morgan fingerprint density at radius 2 is 1.95 bits per heavy atom. The first-order valence-electron chi connectivity index (χ1n) is 5.52. The standard InChI is InChI=1S/C12H13N5O2/c1-7-3-5-8(6-4-7)14-10-9(17-18)11(19-2)16-12(13)15-10/h3-6H,1-2H3,(H3,13,14,15,16). The van der Waals surface area contributed by atoms with Gasteiger partial charge in [0, 0.05) is 5.69 Å². The van der Waals surface area contributed by atoms with Crippen molar-refractivity contribution in [1.29, 1.82) is 0 Å². The predicted molar refractivity (Wildman–Crippen MR) is 72.9 cm³/mol. The Balaban J connectivity index is 2.41. The van der Waals surface area contributed by atoms with Gasteiger partial charge < -0.3 is 15.8 Å². The highest BCUT2D eigenvalue weighted by Crippen LogP contribution is 2.34. The molecule has 98 valence electrons. The minimum atomic E-state index is -0.0164. The third-order valence-corrected chi connectivity index (χ3v) is 2.47. The molecule has 0 amide bonds. The second kappa shape index (κ2) is 5.30. The molecule has 7 nitrogen and oxygen atoms in total. The zero-order chi connectivity index (χ0) is 13.8. The van der Waals surface area contributed by atoms with Crippen molar-refractivity contribution in [3.05, 3.63) is 34.7 Å². The Bertz CT molecular complexity index is 598. The number of nitrogens with two attached hydrogens (primary N) is 1. The van der Waals surface area contributed by atoms with Gasteiger partial charge in [0.1, 0.15) is 0 Å². The van der Waals surface area contributed by atoms with Crippen molar-refractivity contribution in [3.8, 4) is 5.88 Å². The number of aryl methyl sites for hydroxylation is 1. The summed E-state index contributed by atoms with van der Waals surface area (Å²) in [7, 11) is 1.38. The first kappa shape index (κ1) is 12.7. The van der Waals surface area contributed by atoms with Crippen LogP contribution in [0.1, 0.15) is 5.56 Å². The van der Waals surface area contributed by atoms with Crippen LogP contribution < -0.4 is 15.8 Å². The van der Waals surface area contributed by atoms with Crippen molar-refractivity contribution < 1.29 is 4.74 Å². The summed E-state index contributed by atoms with van der Waals surface area (Å²) in [5.41, 5.74) is 7.42. The molecule has 19 heavy (non-hydrogen) atoms. The maximum absolute atomic E-state index is 10.9. The van der Waals surface area contributed by atoms with Gasteiger partial charge in [0.15, 0.2) is 5.82 Å². The lowest BCUT2D eigenvalue weighted by atomic mass is 10.2. The summed E-state index contributed by atoms with van der Waals surface area (Å²) in [6.07, 6.45) is 0. The molecule has 0 aliphatic heterocycles. The first-order valence-corrected chi connectivity index (χ1v) is 5.52. The molecule has 0 unspecified atom stereocenters. The van der Waals surface area contributed by atoms with E-state index in [0.717, 1.165) is 11.3 Å². The topological polar surface area (TPSA) is 102 Å². The molecule has 0 radical (unpaired) electrons. The van der Waals surface area contributed by atoms with Crippen molar-refractivity contribution in [2.45, 2.75) is 6.92 Å². The van der Waals surface area contributed by atoms with Gasteiger partial charge in [-0.05, 0) is 24.2 Å². The number of nitrogens with zero attached hydrogens (tertiary/aromatic N) is 3. The molecular formula is C12H13N5O2. The van der Waals surface area contributed by atoms with Crippen LogP contribution in [0.2, 0.25) is 0 Å². The SMILES string of the molecule is COc1nc(N)nc(Nc2ccc(C)cc2)c1N=O. The van der Waals surface area contributed by atoms with Gasteiger partial charge in [-0.1, -0.05) is 17.7 Å². The highest BCUT2D eigenvalue weighted by molar-refractivity contribution is 5.73. The average Bonchev–Trinajstić information content (AvgIpc) is 2.40. The number of rotatable bonds is 4. The van der Waals surface area contributed by atoms with Gasteiger partial charge in [-0.2, -0.15) is 9.97 Å². The van der Waals surface area contributed by atoms with Crippen molar-refractivity contribution in [2.24, 2.45) is 5.18 Å². The zero-order valence-electron chi connectivity index (χ0n) is 10.5. The number of nitrogens with one attached hydrogen (secondary N) is 1. The van der Waals surface area contributed by atoms with Crippen LogP contribution >= 0.6 is 0 Å². The minimum absolute atomic E-state index is 0.00105. The highest BCUT2D eigenvalue weighted by Gasteiger charge is 2.15. The van der Waals surface area contributed by atoms with Crippen molar-refractivity contribution in [2.75, 3.05) is 18.2 Å². The fourth-order valence-electron chi connectivity index (χ4n) is 1.54. The summed E-state index contributed by atoms with van der Waals surface area (Å²) in [4.78, 5) is 18.6. The molecule has 1 aromatic carbocycles. The van der Waals surface area contributed by atoms with Crippen LogP contribution in [0.25, 0.3) is 0 Å². The van der Waals surface area contributed by atoms with E-state index in [9.17, 15) is 4.91 Å². The number of methoxy groups -OCH3 is 1. The summed E-state index contributed by atoms with van der Waals surface area (Å²) in [5.74, 6) is 0.249. The second-order valence-electron chi connectivity index (χ2n) is 3.87. The Labute approximate surface area is 109 Å². The molecule has 0 fully saturated rings. The Kier molecular flexibility index (Phi) is 3.56. The van der Waals surface area contributed by atoms with E-state index < -0.39 is 0 Å². The number of nitrogen functional groups attached to an aromatic ring is 1. The lowest BCUT2D eigenvalue weighted by Gasteiger charge is -2.10. The number of benzene rings is 1. The lowest BCUT2D eigenvalue weighted by molar-refractivity contribution is 0.399.